The van der Waals surface area contributed by atoms with Crippen molar-refractivity contribution in [1.82, 2.24) is 0 Å². The smallest absolute Gasteiger partial charge is 0.337 e. The monoisotopic (exact) mass is 356 g/mol. The molecule has 0 heterocycles. The second kappa shape index (κ2) is 6.53. The average Bonchev–Trinajstić information content (AvgIpc) is 2.67. The second-order valence-corrected chi connectivity index (χ2v) is 6.30. The van der Waals surface area contributed by atoms with Gasteiger partial charge in [0.1, 0.15) is 11.4 Å². The molecular formula is C22H16N2O3. The van der Waals surface area contributed by atoms with Crippen LogP contribution in [0.25, 0.3) is 21.5 Å². The molecule has 4 aromatic carbocycles. The molecule has 5 heteroatoms. The van der Waals surface area contributed by atoms with E-state index in [0.29, 0.717) is 16.5 Å². The number of phenols is 1. The van der Waals surface area contributed by atoms with Gasteiger partial charge in [-0.25, -0.2) is 4.79 Å². The van der Waals surface area contributed by atoms with Gasteiger partial charge in [0.05, 0.1) is 5.56 Å². The Morgan fingerprint density at radius 1 is 0.815 bits per heavy atom. The summed E-state index contributed by atoms with van der Waals surface area (Å²) in [5.74, 6) is -1.04. The van der Waals surface area contributed by atoms with Gasteiger partial charge in [-0.1, -0.05) is 54.6 Å². The van der Waals surface area contributed by atoms with Gasteiger partial charge in [0, 0.05) is 10.8 Å². The molecule has 4 rings (SSSR count). The molecule has 0 saturated carbocycles. The zero-order chi connectivity index (χ0) is 19.0. The Hall–Kier alpha value is -3.73. The Kier molecular flexibility index (Phi) is 4.05. The van der Waals surface area contributed by atoms with Crippen LogP contribution in [0, 0.1) is 6.92 Å². The van der Waals surface area contributed by atoms with Gasteiger partial charge in [-0.05, 0) is 35.4 Å². The Balaban J connectivity index is 1.93. The summed E-state index contributed by atoms with van der Waals surface area (Å²) in [7, 11) is 0. The number of carboxylic acids is 1. The molecule has 0 spiro atoms. The van der Waals surface area contributed by atoms with Crippen LogP contribution in [0.4, 0.5) is 11.4 Å². The first-order valence-corrected chi connectivity index (χ1v) is 8.44. The van der Waals surface area contributed by atoms with E-state index in [9.17, 15) is 15.0 Å². The lowest BCUT2D eigenvalue weighted by Crippen LogP contribution is -1.96. The van der Waals surface area contributed by atoms with Gasteiger partial charge in [0.25, 0.3) is 0 Å². The Bertz CT molecular complexity index is 1230. The van der Waals surface area contributed by atoms with E-state index in [1.54, 1.807) is 6.07 Å². The van der Waals surface area contributed by atoms with Gasteiger partial charge >= 0.3 is 5.97 Å². The highest BCUT2D eigenvalue weighted by Crippen LogP contribution is 2.39. The van der Waals surface area contributed by atoms with Crippen molar-refractivity contribution in [2.24, 2.45) is 10.2 Å². The van der Waals surface area contributed by atoms with Crippen molar-refractivity contribution in [3.05, 3.63) is 77.9 Å². The fourth-order valence-electron chi connectivity index (χ4n) is 3.22. The van der Waals surface area contributed by atoms with Crippen LogP contribution in [0.1, 0.15) is 15.9 Å². The van der Waals surface area contributed by atoms with Crippen molar-refractivity contribution in [3.8, 4) is 5.75 Å². The first kappa shape index (κ1) is 16.7. The van der Waals surface area contributed by atoms with Crippen LogP contribution in [0.5, 0.6) is 5.75 Å². The van der Waals surface area contributed by atoms with Crippen LogP contribution in [0.2, 0.25) is 0 Å². The third kappa shape index (κ3) is 2.89. The lowest BCUT2D eigenvalue weighted by atomic mass is 10.0. The number of benzene rings is 4. The summed E-state index contributed by atoms with van der Waals surface area (Å²) in [5.41, 5.74) is 1.42. The predicted molar refractivity (Wildman–Crippen MR) is 105 cm³/mol. The van der Waals surface area contributed by atoms with E-state index in [1.807, 2.05) is 61.5 Å². The average molecular weight is 356 g/mol. The zero-order valence-electron chi connectivity index (χ0n) is 14.5. The summed E-state index contributed by atoms with van der Waals surface area (Å²) in [6, 6.07) is 20.0. The van der Waals surface area contributed by atoms with Crippen LogP contribution < -0.4 is 0 Å². The van der Waals surface area contributed by atoms with Crippen LogP contribution in [0.3, 0.4) is 0 Å². The van der Waals surface area contributed by atoms with Gasteiger partial charge in [0.2, 0.25) is 0 Å². The Morgan fingerprint density at radius 2 is 1.44 bits per heavy atom. The maximum atomic E-state index is 11.6. The largest absolute Gasteiger partial charge is 0.505 e. The number of azo groups is 1. The van der Waals surface area contributed by atoms with Crippen molar-refractivity contribution in [1.29, 1.82) is 0 Å². The first-order chi connectivity index (χ1) is 13.1. The molecule has 0 saturated heterocycles. The van der Waals surface area contributed by atoms with Crippen molar-refractivity contribution in [3.63, 3.8) is 0 Å². The minimum Gasteiger partial charge on any atom is -0.505 e. The number of nitrogens with zero attached hydrogens (tertiary/aromatic N) is 2. The van der Waals surface area contributed by atoms with E-state index in [2.05, 4.69) is 10.2 Å². The number of aromatic carboxylic acids is 1. The second-order valence-electron chi connectivity index (χ2n) is 6.30. The van der Waals surface area contributed by atoms with Gasteiger partial charge in [-0.2, -0.15) is 0 Å². The molecular weight excluding hydrogens is 340 g/mol. The quantitative estimate of drug-likeness (QED) is 0.434. The number of aromatic hydroxyl groups is 1. The predicted octanol–water partition coefficient (Wildman–Crippen LogP) is 6.12. The minimum absolute atomic E-state index is 0.0338. The summed E-state index contributed by atoms with van der Waals surface area (Å²) in [4.78, 5) is 11.6. The Labute approximate surface area is 155 Å². The number of aryl methyl sites for hydroxylation is 1. The first-order valence-electron chi connectivity index (χ1n) is 8.44. The van der Waals surface area contributed by atoms with E-state index in [-0.39, 0.29) is 17.0 Å². The maximum absolute atomic E-state index is 11.6. The molecule has 0 radical (unpaired) electrons. The molecule has 2 N–H and O–H groups in total. The number of carboxylic acid groups (broad SMARTS) is 1. The highest BCUT2D eigenvalue weighted by Gasteiger charge is 2.14. The van der Waals surface area contributed by atoms with Crippen LogP contribution in [-0.4, -0.2) is 16.2 Å². The summed E-state index contributed by atoms with van der Waals surface area (Å²) < 4.78 is 0. The number of rotatable bonds is 3. The fraction of sp³-hybridized carbons (Fsp3) is 0.0455. The number of hydrogen-bond acceptors (Lipinski definition) is 4. The normalized spacial score (nSPS) is 11.4. The molecule has 132 valence electrons. The number of phenolic OH excluding ortho intramolecular Hbond substituents is 1. The number of fused-ring (bicyclic) bond motifs is 2. The van der Waals surface area contributed by atoms with Crippen LogP contribution in [0.15, 0.2) is 77.0 Å². The van der Waals surface area contributed by atoms with Crippen molar-refractivity contribution < 1.29 is 15.0 Å². The Morgan fingerprint density at radius 3 is 2.19 bits per heavy atom. The molecule has 0 aliphatic rings. The molecule has 0 amide bonds. The maximum Gasteiger partial charge on any atom is 0.337 e. The minimum atomic E-state index is -1.07. The lowest BCUT2D eigenvalue weighted by Gasteiger charge is -2.08. The SMILES string of the molecule is Cc1cc2ccccc2c(O)c1/N=N/c1c(C(=O)O)ccc2ccccc12. The summed E-state index contributed by atoms with van der Waals surface area (Å²) >= 11 is 0. The third-order valence-electron chi connectivity index (χ3n) is 4.57. The molecule has 4 aromatic rings. The van der Waals surface area contributed by atoms with Gasteiger partial charge in [-0.3, -0.25) is 0 Å². The van der Waals surface area contributed by atoms with E-state index in [1.165, 1.54) is 6.07 Å². The van der Waals surface area contributed by atoms with E-state index >= 15 is 0 Å². The van der Waals surface area contributed by atoms with Crippen molar-refractivity contribution in [2.75, 3.05) is 0 Å². The molecule has 0 aliphatic heterocycles. The fourth-order valence-corrected chi connectivity index (χ4v) is 3.22. The van der Waals surface area contributed by atoms with Gasteiger partial charge in [0.15, 0.2) is 5.75 Å². The molecule has 0 aliphatic carbocycles. The van der Waals surface area contributed by atoms with E-state index < -0.39 is 5.97 Å². The van der Waals surface area contributed by atoms with Crippen LogP contribution in [-0.2, 0) is 0 Å². The van der Waals surface area contributed by atoms with E-state index in [4.69, 9.17) is 0 Å². The molecule has 5 nitrogen and oxygen atoms in total. The highest BCUT2D eigenvalue weighted by atomic mass is 16.4. The van der Waals surface area contributed by atoms with Gasteiger partial charge in [-0.15, -0.1) is 10.2 Å². The van der Waals surface area contributed by atoms with Crippen molar-refractivity contribution in [2.45, 2.75) is 6.92 Å². The lowest BCUT2D eigenvalue weighted by molar-refractivity contribution is 0.0698. The molecule has 0 unspecified atom stereocenters. The zero-order valence-corrected chi connectivity index (χ0v) is 14.5. The summed E-state index contributed by atoms with van der Waals surface area (Å²) in [6.07, 6.45) is 0. The van der Waals surface area contributed by atoms with Crippen LogP contribution >= 0.6 is 0 Å². The highest BCUT2D eigenvalue weighted by molar-refractivity contribution is 6.04. The molecule has 0 atom stereocenters. The third-order valence-corrected chi connectivity index (χ3v) is 4.57. The number of hydrogen-bond donors (Lipinski definition) is 2. The molecule has 0 fully saturated rings. The number of carbonyl (C=O) groups is 1. The van der Waals surface area contributed by atoms with E-state index in [0.717, 1.165) is 16.3 Å². The topological polar surface area (TPSA) is 82.2 Å². The molecule has 27 heavy (non-hydrogen) atoms. The van der Waals surface area contributed by atoms with Crippen molar-refractivity contribution >= 4 is 38.9 Å². The summed E-state index contributed by atoms with van der Waals surface area (Å²) in [5, 5.41) is 31.8. The standard InChI is InChI=1S/C22H16N2O3/c1-13-12-15-7-3-5-9-17(15)21(25)19(13)23-24-20-16-8-4-2-6-14(16)10-11-18(20)22(26)27/h2-12,25H,1H3,(H,26,27)/b24-23+. The van der Waals surface area contributed by atoms with Gasteiger partial charge < -0.3 is 10.2 Å². The molecule has 0 aromatic heterocycles. The summed E-state index contributed by atoms with van der Waals surface area (Å²) in [6.45, 7) is 1.84. The molecule has 0 bridgehead atoms.